The lowest BCUT2D eigenvalue weighted by atomic mass is 9.87. The van der Waals surface area contributed by atoms with Crippen molar-refractivity contribution in [3.05, 3.63) is 58.3 Å². The van der Waals surface area contributed by atoms with Gasteiger partial charge in [-0.1, -0.05) is 32.9 Å². The summed E-state index contributed by atoms with van der Waals surface area (Å²) < 4.78 is 5.66. The third-order valence-electron chi connectivity index (χ3n) is 3.36. The van der Waals surface area contributed by atoms with Crippen LogP contribution < -0.4 is 10.1 Å². The number of rotatable bonds is 6. The highest BCUT2D eigenvalue weighted by Gasteiger charge is 2.12. The maximum absolute atomic E-state index is 10.5. The maximum Gasteiger partial charge on any atom is 0.287 e. The van der Waals surface area contributed by atoms with Gasteiger partial charge in [0.05, 0.1) is 11.5 Å². The van der Waals surface area contributed by atoms with E-state index in [0.717, 1.165) is 5.75 Å². The molecule has 1 aromatic heterocycles. The number of ether oxygens (including phenoxy) is 1. The van der Waals surface area contributed by atoms with Crippen molar-refractivity contribution >= 4 is 11.5 Å². The van der Waals surface area contributed by atoms with Crippen LogP contribution in [0.2, 0.25) is 0 Å². The highest BCUT2D eigenvalue weighted by molar-refractivity contribution is 5.40. The fourth-order valence-corrected chi connectivity index (χ4v) is 2.00. The second-order valence-electron chi connectivity index (χ2n) is 6.21. The highest BCUT2D eigenvalue weighted by Crippen LogP contribution is 2.24. The molecule has 0 aliphatic carbocycles. The Morgan fingerprint density at radius 1 is 1.17 bits per heavy atom. The molecule has 0 fully saturated rings. The van der Waals surface area contributed by atoms with Gasteiger partial charge in [0.15, 0.2) is 0 Å². The van der Waals surface area contributed by atoms with Crippen molar-refractivity contribution in [2.75, 3.05) is 18.5 Å². The lowest BCUT2D eigenvalue weighted by molar-refractivity contribution is -0.385. The van der Waals surface area contributed by atoms with Crippen molar-refractivity contribution in [3.8, 4) is 5.75 Å². The molecule has 0 spiro atoms. The third kappa shape index (κ3) is 4.95. The zero-order valence-electron chi connectivity index (χ0n) is 13.6. The minimum absolute atomic E-state index is 0.0225. The first kappa shape index (κ1) is 16.7. The molecule has 122 valence electrons. The zero-order chi connectivity index (χ0) is 16.9. The van der Waals surface area contributed by atoms with Crippen LogP contribution in [0.15, 0.2) is 42.6 Å². The van der Waals surface area contributed by atoms with Gasteiger partial charge in [-0.3, -0.25) is 10.1 Å². The number of aromatic nitrogens is 1. The monoisotopic (exact) mass is 315 g/mol. The second kappa shape index (κ2) is 7.09. The summed E-state index contributed by atoms with van der Waals surface area (Å²) in [7, 11) is 0. The molecule has 23 heavy (non-hydrogen) atoms. The fourth-order valence-electron chi connectivity index (χ4n) is 2.00. The average Bonchev–Trinajstić information content (AvgIpc) is 2.51. The van der Waals surface area contributed by atoms with Gasteiger partial charge in [0.2, 0.25) is 0 Å². The topological polar surface area (TPSA) is 77.3 Å². The molecule has 0 radical (unpaired) electrons. The molecule has 6 nitrogen and oxygen atoms in total. The van der Waals surface area contributed by atoms with E-state index in [-0.39, 0.29) is 11.1 Å². The van der Waals surface area contributed by atoms with Gasteiger partial charge in [0, 0.05) is 6.07 Å². The summed E-state index contributed by atoms with van der Waals surface area (Å²) in [4.78, 5) is 14.0. The van der Waals surface area contributed by atoms with E-state index in [1.807, 2.05) is 12.1 Å². The number of nitrogens with one attached hydrogen (secondary N) is 1. The summed E-state index contributed by atoms with van der Waals surface area (Å²) in [5.41, 5.74) is 1.37. The summed E-state index contributed by atoms with van der Waals surface area (Å²) in [6.07, 6.45) is 1.23. The lowest BCUT2D eigenvalue weighted by Crippen LogP contribution is -2.13. The van der Waals surface area contributed by atoms with Crippen LogP contribution in [-0.4, -0.2) is 23.1 Å². The van der Waals surface area contributed by atoms with Crippen molar-refractivity contribution in [1.29, 1.82) is 0 Å². The quantitative estimate of drug-likeness (QED) is 0.498. The number of hydrogen-bond donors (Lipinski definition) is 1. The maximum atomic E-state index is 10.5. The molecule has 0 aliphatic rings. The van der Waals surface area contributed by atoms with Crippen LogP contribution >= 0.6 is 0 Å². The first-order chi connectivity index (χ1) is 10.9. The van der Waals surface area contributed by atoms with E-state index in [1.54, 1.807) is 6.07 Å². The standard InChI is InChI=1S/C17H21N3O3/c1-17(2,3)13-4-7-15(8-5-13)23-11-10-18-16-9-6-14(12-19-16)20(21)22/h4-9,12H,10-11H2,1-3H3,(H,18,19). The van der Waals surface area contributed by atoms with Gasteiger partial charge in [0.25, 0.3) is 5.69 Å². The predicted octanol–water partition coefficient (Wildman–Crippen LogP) is 3.78. The van der Waals surface area contributed by atoms with E-state index in [1.165, 1.54) is 17.8 Å². The Morgan fingerprint density at radius 3 is 2.39 bits per heavy atom. The molecule has 1 N–H and O–H groups in total. The van der Waals surface area contributed by atoms with Gasteiger partial charge in [-0.25, -0.2) is 4.98 Å². The second-order valence-corrected chi connectivity index (χ2v) is 6.21. The number of pyridine rings is 1. The molecule has 0 unspecified atom stereocenters. The Kier molecular flexibility index (Phi) is 5.16. The summed E-state index contributed by atoms with van der Waals surface area (Å²) in [5.74, 6) is 1.40. The van der Waals surface area contributed by atoms with Gasteiger partial charge >= 0.3 is 0 Å². The summed E-state index contributed by atoms with van der Waals surface area (Å²) in [6, 6.07) is 11.1. The first-order valence-electron chi connectivity index (χ1n) is 7.44. The number of nitro groups is 1. The molecule has 0 aliphatic heterocycles. The molecule has 0 saturated carbocycles. The van der Waals surface area contributed by atoms with E-state index in [4.69, 9.17) is 4.74 Å². The van der Waals surface area contributed by atoms with Gasteiger partial charge in [-0.2, -0.15) is 0 Å². The minimum atomic E-state index is -0.471. The number of nitrogens with zero attached hydrogens (tertiary/aromatic N) is 2. The van der Waals surface area contributed by atoms with Gasteiger partial charge in [-0.15, -0.1) is 0 Å². The van der Waals surface area contributed by atoms with Crippen LogP contribution in [0, 0.1) is 10.1 Å². The third-order valence-corrected chi connectivity index (χ3v) is 3.36. The Morgan fingerprint density at radius 2 is 1.87 bits per heavy atom. The van der Waals surface area contributed by atoms with Crippen molar-refractivity contribution in [2.24, 2.45) is 0 Å². The highest BCUT2D eigenvalue weighted by atomic mass is 16.6. The van der Waals surface area contributed by atoms with Crippen molar-refractivity contribution < 1.29 is 9.66 Å². The normalized spacial score (nSPS) is 11.1. The zero-order valence-corrected chi connectivity index (χ0v) is 13.6. The van der Waals surface area contributed by atoms with E-state index >= 15 is 0 Å². The number of anilines is 1. The molecule has 6 heteroatoms. The predicted molar refractivity (Wildman–Crippen MR) is 90.0 cm³/mol. The van der Waals surface area contributed by atoms with Crippen LogP contribution in [0.4, 0.5) is 11.5 Å². The van der Waals surface area contributed by atoms with E-state index in [0.29, 0.717) is 19.0 Å². The number of hydrogen-bond acceptors (Lipinski definition) is 5. The smallest absolute Gasteiger partial charge is 0.287 e. The fraction of sp³-hybridized carbons (Fsp3) is 0.353. The average molecular weight is 315 g/mol. The van der Waals surface area contributed by atoms with Crippen LogP contribution in [0.5, 0.6) is 5.75 Å². The van der Waals surface area contributed by atoms with E-state index < -0.39 is 4.92 Å². The van der Waals surface area contributed by atoms with E-state index in [2.05, 4.69) is 43.2 Å². The van der Waals surface area contributed by atoms with Gasteiger partial charge < -0.3 is 10.1 Å². The van der Waals surface area contributed by atoms with Crippen LogP contribution in [0.25, 0.3) is 0 Å². The Balaban J connectivity index is 1.78. The molecule has 2 aromatic rings. The SMILES string of the molecule is CC(C)(C)c1ccc(OCCNc2ccc([N+](=O)[O-])cn2)cc1. The van der Waals surface area contributed by atoms with Crippen molar-refractivity contribution in [3.63, 3.8) is 0 Å². The van der Waals surface area contributed by atoms with Crippen molar-refractivity contribution in [2.45, 2.75) is 26.2 Å². The first-order valence-corrected chi connectivity index (χ1v) is 7.44. The molecule has 0 atom stereocenters. The summed E-state index contributed by atoms with van der Waals surface area (Å²) in [5, 5.41) is 13.6. The molecule has 0 saturated heterocycles. The molecule has 1 heterocycles. The summed E-state index contributed by atoms with van der Waals surface area (Å²) >= 11 is 0. The molecule has 0 bridgehead atoms. The molecule has 2 rings (SSSR count). The lowest BCUT2D eigenvalue weighted by Gasteiger charge is -2.19. The minimum Gasteiger partial charge on any atom is -0.492 e. The Hall–Kier alpha value is -2.63. The van der Waals surface area contributed by atoms with E-state index in [9.17, 15) is 10.1 Å². The van der Waals surface area contributed by atoms with Gasteiger partial charge in [0.1, 0.15) is 24.4 Å². The van der Waals surface area contributed by atoms with Crippen molar-refractivity contribution in [1.82, 2.24) is 4.98 Å². The van der Waals surface area contributed by atoms with Crippen LogP contribution in [-0.2, 0) is 5.41 Å². The Bertz CT molecular complexity index is 646. The van der Waals surface area contributed by atoms with Crippen LogP contribution in [0.1, 0.15) is 26.3 Å². The number of benzene rings is 1. The summed E-state index contributed by atoms with van der Waals surface area (Å²) in [6.45, 7) is 7.55. The Labute approximate surface area is 135 Å². The largest absolute Gasteiger partial charge is 0.492 e. The van der Waals surface area contributed by atoms with Gasteiger partial charge in [-0.05, 0) is 29.2 Å². The molecular weight excluding hydrogens is 294 g/mol. The molecular formula is C17H21N3O3. The molecule has 1 aromatic carbocycles. The molecule has 0 amide bonds. The van der Waals surface area contributed by atoms with Crippen LogP contribution in [0.3, 0.4) is 0 Å².